The lowest BCUT2D eigenvalue weighted by Gasteiger charge is -2.35. The molecular weight excluding hydrogens is 412 g/mol. The van der Waals surface area contributed by atoms with Crippen molar-refractivity contribution in [1.82, 2.24) is 9.88 Å². The summed E-state index contributed by atoms with van der Waals surface area (Å²) in [6, 6.07) is 16.2. The molecule has 3 aromatic rings. The molecule has 0 spiro atoms. The van der Waals surface area contributed by atoms with E-state index in [1.165, 1.54) is 6.07 Å². The van der Waals surface area contributed by atoms with E-state index in [1.54, 1.807) is 23.1 Å². The van der Waals surface area contributed by atoms with E-state index in [0.29, 0.717) is 44.0 Å². The second kappa shape index (κ2) is 9.51. The van der Waals surface area contributed by atoms with Crippen molar-refractivity contribution in [3.8, 4) is 11.3 Å². The van der Waals surface area contributed by atoms with Crippen molar-refractivity contribution in [2.24, 2.45) is 5.92 Å². The second-order valence-corrected chi connectivity index (χ2v) is 8.39. The largest absolute Gasteiger partial charge is 0.449 e. The van der Waals surface area contributed by atoms with E-state index >= 15 is 0 Å². The van der Waals surface area contributed by atoms with Crippen LogP contribution in [0.4, 0.5) is 19.4 Å². The van der Waals surface area contributed by atoms with E-state index in [-0.39, 0.29) is 17.6 Å². The number of benzene rings is 2. The minimum absolute atomic E-state index is 0.0288. The lowest BCUT2D eigenvalue weighted by atomic mass is 10.0. The van der Waals surface area contributed by atoms with Gasteiger partial charge in [0.05, 0.1) is 12.3 Å². The summed E-state index contributed by atoms with van der Waals surface area (Å²) in [5.41, 5.74) is 0.928. The van der Waals surface area contributed by atoms with Gasteiger partial charge in [-0.2, -0.15) is 0 Å². The van der Waals surface area contributed by atoms with Crippen LogP contribution in [-0.2, 0) is 4.74 Å². The van der Waals surface area contributed by atoms with E-state index in [1.807, 2.05) is 44.2 Å². The van der Waals surface area contributed by atoms with Gasteiger partial charge in [-0.15, -0.1) is 0 Å². The predicted octanol–water partition coefficient (Wildman–Crippen LogP) is 5.75. The Morgan fingerprint density at radius 1 is 1.03 bits per heavy atom. The quantitative estimate of drug-likeness (QED) is 0.508. The average Bonchev–Trinajstić information content (AvgIpc) is 2.82. The molecular formula is C25H27F2N3O2. The number of piperazine rings is 1. The third kappa shape index (κ3) is 4.66. The van der Waals surface area contributed by atoms with Crippen LogP contribution >= 0.6 is 0 Å². The number of amides is 1. The smallest absolute Gasteiger partial charge is 0.409 e. The van der Waals surface area contributed by atoms with Crippen LogP contribution in [0, 0.1) is 5.92 Å². The van der Waals surface area contributed by atoms with Crippen molar-refractivity contribution < 1.29 is 18.3 Å². The third-order valence-corrected chi connectivity index (χ3v) is 5.57. The maximum absolute atomic E-state index is 13.6. The molecule has 32 heavy (non-hydrogen) atoms. The first kappa shape index (κ1) is 22.0. The monoisotopic (exact) mass is 439 g/mol. The minimum Gasteiger partial charge on any atom is -0.449 e. The molecule has 0 bridgehead atoms. The topological polar surface area (TPSA) is 45.7 Å². The Morgan fingerprint density at radius 2 is 1.72 bits per heavy atom. The van der Waals surface area contributed by atoms with E-state index in [9.17, 15) is 13.6 Å². The first-order valence-corrected chi connectivity index (χ1v) is 10.9. The number of aromatic nitrogens is 1. The van der Waals surface area contributed by atoms with Crippen LogP contribution in [0.25, 0.3) is 22.0 Å². The zero-order chi connectivity index (χ0) is 22.7. The molecule has 5 nitrogen and oxygen atoms in total. The number of alkyl halides is 2. The number of carbonyl (C=O) groups excluding carboxylic acids is 1. The van der Waals surface area contributed by atoms with Crippen molar-refractivity contribution >= 4 is 22.7 Å². The van der Waals surface area contributed by atoms with Crippen molar-refractivity contribution in [2.45, 2.75) is 20.3 Å². The van der Waals surface area contributed by atoms with Gasteiger partial charge < -0.3 is 14.5 Å². The van der Waals surface area contributed by atoms with Gasteiger partial charge >= 0.3 is 6.09 Å². The molecule has 4 rings (SSSR count). The normalized spacial score (nSPS) is 14.4. The third-order valence-electron chi connectivity index (χ3n) is 5.57. The molecule has 0 aliphatic carbocycles. The van der Waals surface area contributed by atoms with Crippen molar-refractivity contribution in [2.75, 3.05) is 37.7 Å². The van der Waals surface area contributed by atoms with Crippen LogP contribution in [-0.4, -0.2) is 48.8 Å². The molecule has 0 atom stereocenters. The molecule has 1 aromatic heterocycles. The number of nitrogens with zero attached hydrogens (tertiary/aromatic N) is 3. The lowest BCUT2D eigenvalue weighted by molar-refractivity contribution is 0.0901. The van der Waals surface area contributed by atoms with Crippen molar-refractivity contribution in [3.05, 3.63) is 60.2 Å². The van der Waals surface area contributed by atoms with Gasteiger partial charge in [-0.05, 0) is 17.4 Å². The number of pyridine rings is 1. The summed E-state index contributed by atoms with van der Waals surface area (Å²) in [6.45, 7) is 6.62. The van der Waals surface area contributed by atoms with Gasteiger partial charge in [-0.25, -0.2) is 18.6 Å². The fourth-order valence-corrected chi connectivity index (χ4v) is 3.91. The molecule has 0 N–H and O–H groups in total. The molecule has 2 heterocycles. The van der Waals surface area contributed by atoms with Gasteiger partial charge in [0.2, 0.25) is 0 Å². The highest BCUT2D eigenvalue weighted by atomic mass is 19.3. The fraction of sp³-hybridized carbons (Fsp3) is 0.360. The molecule has 2 aromatic carbocycles. The molecule has 0 saturated carbocycles. The summed E-state index contributed by atoms with van der Waals surface area (Å²) in [5, 5.41) is 1.90. The highest BCUT2D eigenvalue weighted by Gasteiger charge is 2.25. The number of rotatable bonds is 5. The Hall–Kier alpha value is -3.22. The van der Waals surface area contributed by atoms with Crippen LogP contribution in [0.1, 0.15) is 25.8 Å². The van der Waals surface area contributed by atoms with Crippen LogP contribution in [0.3, 0.4) is 0 Å². The van der Waals surface area contributed by atoms with E-state index < -0.39 is 6.43 Å². The number of halogens is 2. The SMILES string of the molecule is CC(C)COC(=O)N1CCN(c2nc(-c3ccccc3C(F)F)cc3ccccc23)CC1. The zero-order valence-corrected chi connectivity index (χ0v) is 18.3. The zero-order valence-electron chi connectivity index (χ0n) is 18.3. The van der Waals surface area contributed by atoms with Crippen LogP contribution in [0.15, 0.2) is 54.6 Å². The maximum Gasteiger partial charge on any atom is 0.409 e. The molecule has 7 heteroatoms. The Morgan fingerprint density at radius 3 is 2.44 bits per heavy atom. The number of hydrogen-bond donors (Lipinski definition) is 0. The molecule has 168 valence electrons. The minimum atomic E-state index is -2.58. The molecule has 0 unspecified atom stereocenters. The van der Waals surface area contributed by atoms with Crippen LogP contribution < -0.4 is 4.90 Å². The molecule has 1 aliphatic rings. The van der Waals surface area contributed by atoms with Gasteiger partial charge in [0, 0.05) is 42.7 Å². The van der Waals surface area contributed by atoms with Gasteiger partial charge in [-0.1, -0.05) is 62.4 Å². The summed E-state index contributed by atoms with van der Waals surface area (Å²) < 4.78 is 32.6. The molecule has 1 amide bonds. The number of carbonyl (C=O) groups is 1. The molecule has 1 fully saturated rings. The highest BCUT2D eigenvalue weighted by Crippen LogP contribution is 2.35. The van der Waals surface area contributed by atoms with Crippen molar-refractivity contribution in [3.63, 3.8) is 0 Å². The fourth-order valence-electron chi connectivity index (χ4n) is 3.91. The molecule has 1 saturated heterocycles. The summed E-state index contributed by atoms with van der Waals surface area (Å²) in [6.07, 6.45) is -2.88. The average molecular weight is 440 g/mol. The number of hydrogen-bond acceptors (Lipinski definition) is 4. The van der Waals surface area contributed by atoms with E-state index in [0.717, 1.165) is 16.6 Å². The van der Waals surface area contributed by atoms with Gasteiger partial charge in [0.25, 0.3) is 6.43 Å². The van der Waals surface area contributed by atoms with E-state index in [2.05, 4.69) is 4.90 Å². The van der Waals surface area contributed by atoms with Gasteiger partial charge in [0.15, 0.2) is 0 Å². The lowest BCUT2D eigenvalue weighted by Crippen LogP contribution is -2.49. The Labute approximate surface area is 186 Å². The Kier molecular flexibility index (Phi) is 6.53. The standard InChI is InChI=1S/C25H27F2N3O2/c1-17(2)16-32-25(31)30-13-11-29(12-14-30)24-19-8-4-3-7-18(19)15-22(28-24)20-9-5-6-10-21(20)23(26)27/h3-10,15,17,23H,11-14,16H2,1-2H3. The van der Waals surface area contributed by atoms with Gasteiger partial charge in [-0.3, -0.25) is 0 Å². The molecule has 0 radical (unpaired) electrons. The maximum atomic E-state index is 13.6. The summed E-state index contributed by atoms with van der Waals surface area (Å²) in [4.78, 5) is 20.9. The number of fused-ring (bicyclic) bond motifs is 1. The second-order valence-electron chi connectivity index (χ2n) is 8.39. The summed E-state index contributed by atoms with van der Waals surface area (Å²) >= 11 is 0. The molecule has 1 aliphatic heterocycles. The summed E-state index contributed by atoms with van der Waals surface area (Å²) in [7, 11) is 0. The first-order valence-electron chi connectivity index (χ1n) is 10.9. The number of ether oxygens (including phenoxy) is 1. The Balaban J connectivity index is 1.63. The van der Waals surface area contributed by atoms with Crippen LogP contribution in [0.5, 0.6) is 0 Å². The first-order chi connectivity index (χ1) is 15.4. The number of anilines is 1. The highest BCUT2D eigenvalue weighted by molar-refractivity contribution is 5.95. The van der Waals surface area contributed by atoms with Gasteiger partial charge in [0.1, 0.15) is 5.82 Å². The van der Waals surface area contributed by atoms with E-state index in [4.69, 9.17) is 9.72 Å². The summed E-state index contributed by atoms with van der Waals surface area (Å²) in [5.74, 6) is 1.03. The predicted molar refractivity (Wildman–Crippen MR) is 122 cm³/mol. The Bertz CT molecular complexity index is 1100. The van der Waals surface area contributed by atoms with Crippen LogP contribution in [0.2, 0.25) is 0 Å². The van der Waals surface area contributed by atoms with Crippen molar-refractivity contribution in [1.29, 1.82) is 0 Å².